The lowest BCUT2D eigenvalue weighted by Crippen LogP contribution is -1.93. The zero-order valence-electron chi connectivity index (χ0n) is 58.5. The predicted octanol–water partition coefficient (Wildman–Crippen LogP) is 31.4. The van der Waals surface area contributed by atoms with Crippen LogP contribution in [0.25, 0.3) is 247 Å². The van der Waals surface area contributed by atoms with E-state index in [-0.39, 0.29) is 0 Å². The second-order valence-corrected chi connectivity index (χ2v) is 31.6. The average Bonchev–Trinajstić information content (AvgIpc) is 1.03. The first-order chi connectivity index (χ1) is 53.6. The van der Waals surface area contributed by atoms with Gasteiger partial charge in [-0.1, -0.05) is 328 Å². The fraction of sp³-hybridized carbons (Fsp3) is 0. The summed E-state index contributed by atoms with van der Waals surface area (Å²) in [5.41, 5.74) is 14.9. The van der Waals surface area contributed by atoms with Gasteiger partial charge in [-0.15, -0.1) is 22.7 Å². The van der Waals surface area contributed by atoms with Crippen molar-refractivity contribution in [2.75, 3.05) is 0 Å². The minimum Gasteiger partial charge on any atom is -0.134 e. The van der Waals surface area contributed by atoms with Crippen molar-refractivity contribution in [1.29, 1.82) is 0 Å². The van der Waals surface area contributed by atoms with Crippen LogP contribution in [0.3, 0.4) is 0 Å². The summed E-state index contributed by atoms with van der Waals surface area (Å²) in [5.74, 6) is 0. The fourth-order valence-corrected chi connectivity index (χ4v) is 21.8. The lowest BCUT2D eigenvalue weighted by Gasteiger charge is -2.20. The number of thiophene rings is 2. The van der Waals surface area contributed by atoms with Gasteiger partial charge in [0.25, 0.3) is 0 Å². The molecule has 2 aromatic heterocycles. The van der Waals surface area contributed by atoms with Crippen LogP contribution in [0.4, 0.5) is 0 Å². The molecule has 0 nitrogen and oxygen atoms in total. The lowest BCUT2D eigenvalue weighted by atomic mass is 9.82. The van der Waals surface area contributed by atoms with Gasteiger partial charge in [-0.25, -0.2) is 0 Å². The second kappa shape index (κ2) is 23.1. The molecule has 0 N–H and O–H groups in total. The van der Waals surface area contributed by atoms with Crippen molar-refractivity contribution in [3.63, 3.8) is 0 Å². The monoisotopic (exact) mass is 1400 g/mol. The van der Waals surface area contributed by atoms with E-state index in [1.165, 1.54) is 247 Å². The average molecular weight is 1400 g/mol. The second-order valence-electron chi connectivity index (χ2n) is 29.5. The van der Waals surface area contributed by atoms with Gasteiger partial charge in [0.15, 0.2) is 0 Å². The van der Waals surface area contributed by atoms with Crippen molar-refractivity contribution in [2.24, 2.45) is 0 Å². The van der Waals surface area contributed by atoms with Gasteiger partial charge >= 0.3 is 0 Å². The maximum atomic E-state index is 2.51. The van der Waals surface area contributed by atoms with E-state index in [2.05, 4.69) is 364 Å². The zero-order valence-corrected chi connectivity index (χ0v) is 60.1. The molecule has 22 aromatic carbocycles. The van der Waals surface area contributed by atoms with Gasteiger partial charge in [-0.3, -0.25) is 0 Å². The van der Waals surface area contributed by atoms with E-state index in [1.807, 2.05) is 22.7 Å². The number of rotatable bonds is 6. The number of benzene rings is 22. The smallest absolute Gasteiger partial charge is 0.0440 e. The van der Waals surface area contributed by atoms with Gasteiger partial charge in [-0.05, 0) is 232 Å². The first-order valence-corrected chi connectivity index (χ1v) is 39.1. The van der Waals surface area contributed by atoms with Gasteiger partial charge < -0.3 is 0 Å². The molecule has 0 aliphatic carbocycles. The van der Waals surface area contributed by atoms with Crippen molar-refractivity contribution in [2.45, 2.75) is 0 Å². The molecule has 2 heterocycles. The fourth-order valence-electron chi connectivity index (χ4n) is 19.2. The molecule has 0 unspecified atom stereocenters. The molecule has 0 aliphatic heterocycles. The SMILES string of the molecule is c1ccc2c(-c3ccc4c(c3)sc3c5ccccc5c5ccccc5c43)c3ccccc3c(-c3ccc(-c4ccc5cc(-c6ccc7c(c6)c6ccccc6c6sc8cc(-c9c%10ccccc%10c(-c%10cc%11c%12ccccc%12c%12ccccc%12c%11c%11ccccc%10%11)c%10ccccc9%10)ccc8c76)ccc5c4)cc3)c2c1. The molecule has 0 saturated heterocycles. The molecule has 108 heavy (non-hydrogen) atoms. The molecular formula is C106H60S2. The van der Waals surface area contributed by atoms with E-state index in [1.54, 1.807) is 0 Å². The summed E-state index contributed by atoms with van der Waals surface area (Å²) < 4.78 is 5.29. The Kier molecular flexibility index (Phi) is 12.8. The summed E-state index contributed by atoms with van der Waals surface area (Å²) >= 11 is 3.86. The molecule has 24 aromatic rings. The summed E-state index contributed by atoms with van der Waals surface area (Å²) in [6.45, 7) is 0. The van der Waals surface area contributed by atoms with Crippen LogP contribution in [-0.4, -0.2) is 0 Å². The third-order valence-electron chi connectivity index (χ3n) is 23.9. The molecule has 0 amide bonds. The molecule has 0 saturated carbocycles. The van der Waals surface area contributed by atoms with Gasteiger partial charge in [0.2, 0.25) is 0 Å². The highest BCUT2D eigenvalue weighted by Crippen LogP contribution is 2.53. The van der Waals surface area contributed by atoms with Crippen molar-refractivity contribution in [3.8, 4) is 66.8 Å². The summed E-state index contributed by atoms with van der Waals surface area (Å²) in [4.78, 5) is 0. The summed E-state index contributed by atoms with van der Waals surface area (Å²) in [6.07, 6.45) is 0. The van der Waals surface area contributed by atoms with Gasteiger partial charge in [0, 0.05) is 51.1 Å². The number of fused-ring (bicyclic) bond motifs is 29. The maximum absolute atomic E-state index is 2.51. The van der Waals surface area contributed by atoms with Gasteiger partial charge in [-0.2, -0.15) is 0 Å². The van der Waals surface area contributed by atoms with Crippen LogP contribution in [-0.2, 0) is 0 Å². The van der Waals surface area contributed by atoms with Crippen LogP contribution in [0.1, 0.15) is 0 Å². The minimum atomic E-state index is 1.20. The normalized spacial score (nSPS) is 12.3. The topological polar surface area (TPSA) is 0 Å². The molecule has 0 spiro atoms. The molecule has 0 fully saturated rings. The lowest BCUT2D eigenvalue weighted by molar-refractivity contribution is 1.62. The first-order valence-electron chi connectivity index (χ1n) is 37.4. The van der Waals surface area contributed by atoms with Crippen LogP contribution < -0.4 is 0 Å². The van der Waals surface area contributed by atoms with E-state index in [0.717, 1.165) is 0 Å². The Hall–Kier alpha value is -13.3. The molecule has 496 valence electrons. The standard InChI is InChI=1S/C106H60S2/c1-2-25-74-70(21-1)71-22-3-8-28-77(71)101-78-29-9-5-26-75(78)95(60-94(74)101)102-86-37-17-15-35-84(86)100(85-36-16-18-38-87(85)102)69-51-54-92-97(59-69)108-106-90-40-20-7-27-76(90)93-57-67(49-52-88(93)104(92)106)66-48-47-64-55-63(45-46-65(64)56-66)61-41-43-62(44-42-61)98-80-31-11-13-33-82(80)99(83-34-14-12-32-81(83)98)68-50-53-91-96(58-68)107-105-89-39-19-6-24-73(89)72-23-4-10-30-79(72)103(91)105/h1-60H. The Bertz CT molecular complexity index is 7990. The van der Waals surface area contributed by atoms with E-state index in [0.29, 0.717) is 0 Å². The molecule has 0 bridgehead atoms. The van der Waals surface area contributed by atoms with Crippen molar-refractivity contribution < 1.29 is 0 Å². The highest BCUT2D eigenvalue weighted by molar-refractivity contribution is 7.27. The quantitative estimate of drug-likeness (QED) is 0.115. The minimum absolute atomic E-state index is 1.20. The van der Waals surface area contributed by atoms with Gasteiger partial charge in [0.05, 0.1) is 0 Å². The molecular weight excluding hydrogens is 1340 g/mol. The molecule has 2 heteroatoms. The van der Waals surface area contributed by atoms with E-state index in [4.69, 9.17) is 0 Å². The van der Waals surface area contributed by atoms with E-state index >= 15 is 0 Å². The van der Waals surface area contributed by atoms with Crippen molar-refractivity contribution in [1.82, 2.24) is 0 Å². The van der Waals surface area contributed by atoms with Crippen LogP contribution in [0.5, 0.6) is 0 Å². The van der Waals surface area contributed by atoms with Crippen LogP contribution >= 0.6 is 22.7 Å². The van der Waals surface area contributed by atoms with Crippen molar-refractivity contribution in [3.05, 3.63) is 364 Å². The van der Waals surface area contributed by atoms with Crippen LogP contribution in [0.2, 0.25) is 0 Å². The molecule has 0 atom stereocenters. The summed E-state index contributed by atoms with van der Waals surface area (Å²) in [6, 6.07) is 138. The highest BCUT2D eigenvalue weighted by atomic mass is 32.1. The number of hydrogen-bond acceptors (Lipinski definition) is 2. The van der Waals surface area contributed by atoms with Crippen LogP contribution in [0.15, 0.2) is 364 Å². The van der Waals surface area contributed by atoms with E-state index < -0.39 is 0 Å². The Balaban J connectivity index is 0.574. The maximum Gasteiger partial charge on any atom is 0.0440 e. The van der Waals surface area contributed by atoms with Gasteiger partial charge in [0.1, 0.15) is 0 Å². The van der Waals surface area contributed by atoms with E-state index in [9.17, 15) is 0 Å². The zero-order chi connectivity index (χ0) is 70.4. The molecule has 24 rings (SSSR count). The van der Waals surface area contributed by atoms with Crippen molar-refractivity contribution >= 4 is 203 Å². The third kappa shape index (κ3) is 8.67. The predicted molar refractivity (Wildman–Crippen MR) is 472 cm³/mol. The Morgan fingerprint density at radius 2 is 0.417 bits per heavy atom. The third-order valence-corrected chi connectivity index (χ3v) is 26.3. The summed E-state index contributed by atoms with van der Waals surface area (Å²) in [5, 5.41) is 38.5. The Morgan fingerprint density at radius 1 is 0.139 bits per heavy atom. The first kappa shape index (κ1) is 60.0. The Labute approximate surface area is 629 Å². The molecule has 0 radical (unpaired) electrons. The number of hydrogen-bond donors (Lipinski definition) is 0. The van der Waals surface area contributed by atoms with Crippen LogP contribution in [0, 0.1) is 0 Å². The Morgan fingerprint density at radius 3 is 0.880 bits per heavy atom. The molecule has 0 aliphatic rings. The highest BCUT2D eigenvalue weighted by Gasteiger charge is 2.25. The largest absolute Gasteiger partial charge is 0.134 e. The summed E-state index contributed by atoms with van der Waals surface area (Å²) in [7, 11) is 0.